The number of amides is 3. The molecule has 0 fully saturated rings. The van der Waals surface area contributed by atoms with Crippen molar-refractivity contribution in [1.82, 2.24) is 10.6 Å². The van der Waals surface area contributed by atoms with Crippen LogP contribution in [-0.4, -0.2) is 17.7 Å². The molecule has 21 heavy (non-hydrogen) atoms. The van der Waals surface area contributed by atoms with E-state index in [0.29, 0.717) is 41.8 Å². The molecule has 6 nitrogen and oxygen atoms in total. The van der Waals surface area contributed by atoms with Gasteiger partial charge in [-0.15, -0.1) is 0 Å². The van der Waals surface area contributed by atoms with E-state index in [1.165, 1.54) is 0 Å². The first-order chi connectivity index (χ1) is 10.1. The van der Waals surface area contributed by atoms with Crippen LogP contribution in [0.3, 0.4) is 0 Å². The summed E-state index contributed by atoms with van der Waals surface area (Å²) in [5.74, 6) is -0.461. The molecule has 3 aliphatic rings. The zero-order valence-corrected chi connectivity index (χ0v) is 11.2. The van der Waals surface area contributed by atoms with Crippen molar-refractivity contribution in [1.29, 1.82) is 0 Å². The van der Waals surface area contributed by atoms with Crippen LogP contribution in [0.2, 0.25) is 0 Å². The van der Waals surface area contributed by atoms with Crippen molar-refractivity contribution in [2.45, 2.75) is 24.8 Å². The van der Waals surface area contributed by atoms with Gasteiger partial charge in [0.15, 0.2) is 11.3 Å². The highest BCUT2D eigenvalue weighted by molar-refractivity contribution is 6.18. The Kier molecular flexibility index (Phi) is 2.28. The zero-order valence-electron chi connectivity index (χ0n) is 11.2. The summed E-state index contributed by atoms with van der Waals surface area (Å²) in [5.41, 5.74) is 0.839. The van der Waals surface area contributed by atoms with E-state index in [1.54, 1.807) is 24.3 Å². The molecule has 106 valence electrons. The van der Waals surface area contributed by atoms with Crippen LogP contribution < -0.4 is 16.0 Å². The molecule has 1 unspecified atom stereocenters. The molecular weight excluding hydrogens is 270 g/mol. The van der Waals surface area contributed by atoms with Gasteiger partial charge in [0.05, 0.1) is 5.57 Å². The number of carbonyl (C=O) groups excluding carboxylic acids is 3. The number of allylic oxidation sites excluding steroid dienone is 1. The second-order valence-electron chi connectivity index (χ2n) is 5.46. The number of hydrogen-bond donors (Lipinski definition) is 3. The van der Waals surface area contributed by atoms with Gasteiger partial charge in [-0.3, -0.25) is 9.59 Å². The summed E-state index contributed by atoms with van der Waals surface area (Å²) < 4.78 is 0. The summed E-state index contributed by atoms with van der Waals surface area (Å²) in [6.45, 7) is 0. The van der Waals surface area contributed by atoms with E-state index in [4.69, 9.17) is 0 Å². The van der Waals surface area contributed by atoms with Crippen molar-refractivity contribution >= 4 is 23.4 Å². The summed E-state index contributed by atoms with van der Waals surface area (Å²) in [6.07, 6.45) is 1.69. The van der Waals surface area contributed by atoms with Crippen molar-refractivity contribution in [3.05, 3.63) is 41.1 Å². The Morgan fingerprint density at radius 1 is 1.00 bits per heavy atom. The number of carbonyl (C=O) groups is 3. The van der Waals surface area contributed by atoms with E-state index < -0.39 is 11.6 Å². The molecule has 1 aromatic rings. The number of rotatable bonds is 0. The molecule has 1 aliphatic carbocycles. The fourth-order valence-electron chi connectivity index (χ4n) is 3.44. The van der Waals surface area contributed by atoms with Gasteiger partial charge in [0, 0.05) is 23.4 Å². The van der Waals surface area contributed by atoms with Gasteiger partial charge in [0.1, 0.15) is 0 Å². The second kappa shape index (κ2) is 3.94. The average molecular weight is 283 g/mol. The lowest BCUT2D eigenvalue weighted by Gasteiger charge is -2.38. The van der Waals surface area contributed by atoms with Gasteiger partial charge in [0.2, 0.25) is 0 Å². The van der Waals surface area contributed by atoms with E-state index in [0.717, 1.165) is 0 Å². The number of urea groups is 1. The molecule has 2 heterocycles. The summed E-state index contributed by atoms with van der Waals surface area (Å²) in [4.78, 5) is 37.0. The lowest BCUT2D eigenvalue weighted by atomic mass is 9.75. The standard InChI is InChI=1S/C15H13N3O3/c19-11-7-3-6-10-12(11)15(18-14(21)17-10)8-4-1-2-5-9(8)16-13(15)20/h1-2,4-5H,3,6-7H2,(H,16,20)(H2,17,18,21). The highest BCUT2D eigenvalue weighted by Crippen LogP contribution is 2.45. The molecule has 0 saturated heterocycles. The number of benzene rings is 1. The van der Waals surface area contributed by atoms with E-state index >= 15 is 0 Å². The van der Waals surface area contributed by atoms with Crippen molar-refractivity contribution < 1.29 is 14.4 Å². The molecule has 6 heteroatoms. The number of ketones is 1. The lowest BCUT2D eigenvalue weighted by molar-refractivity contribution is -0.124. The number of anilines is 1. The fraction of sp³-hybridized carbons (Fsp3) is 0.267. The number of Topliss-reactive ketones (excluding diaryl/α,β-unsaturated/α-hetero) is 1. The minimum atomic E-state index is -1.38. The van der Waals surface area contributed by atoms with Crippen LogP contribution in [0.5, 0.6) is 0 Å². The van der Waals surface area contributed by atoms with Gasteiger partial charge in [-0.05, 0) is 18.9 Å². The normalized spacial score (nSPS) is 27.0. The van der Waals surface area contributed by atoms with Crippen LogP contribution in [0.25, 0.3) is 0 Å². The molecule has 3 amide bonds. The molecule has 0 saturated carbocycles. The van der Waals surface area contributed by atoms with E-state index in [1.807, 2.05) is 0 Å². The molecule has 0 aromatic heterocycles. The van der Waals surface area contributed by atoms with Crippen molar-refractivity contribution in [3.8, 4) is 0 Å². The quantitative estimate of drug-likeness (QED) is 0.667. The van der Waals surface area contributed by atoms with Crippen LogP contribution in [0.1, 0.15) is 24.8 Å². The van der Waals surface area contributed by atoms with Gasteiger partial charge in [0.25, 0.3) is 5.91 Å². The molecule has 0 radical (unpaired) electrons. The smallest absolute Gasteiger partial charge is 0.320 e. The predicted octanol–water partition coefficient (Wildman–Crippen LogP) is 1.15. The number of fused-ring (bicyclic) bond motifs is 3. The Balaban J connectivity index is 2.03. The minimum absolute atomic E-state index is 0.0874. The Morgan fingerprint density at radius 3 is 2.67 bits per heavy atom. The summed E-state index contributed by atoms with van der Waals surface area (Å²) >= 11 is 0. The van der Waals surface area contributed by atoms with Crippen molar-refractivity contribution in [3.63, 3.8) is 0 Å². The van der Waals surface area contributed by atoms with E-state index in [9.17, 15) is 14.4 Å². The number of para-hydroxylation sites is 1. The molecular formula is C15H13N3O3. The monoisotopic (exact) mass is 283 g/mol. The first kappa shape index (κ1) is 12.1. The Bertz CT molecular complexity index is 737. The van der Waals surface area contributed by atoms with Crippen LogP contribution in [0.4, 0.5) is 10.5 Å². The first-order valence-corrected chi connectivity index (χ1v) is 6.90. The third kappa shape index (κ3) is 1.44. The third-order valence-electron chi connectivity index (χ3n) is 4.27. The molecule has 2 aliphatic heterocycles. The summed E-state index contributed by atoms with van der Waals surface area (Å²) in [5, 5.41) is 8.13. The number of nitrogens with one attached hydrogen (secondary N) is 3. The van der Waals surface area contributed by atoms with Crippen molar-refractivity contribution in [2.24, 2.45) is 0 Å². The SMILES string of the molecule is O=C1NC2=C(C(=O)CCC2)C2(N1)C(=O)Nc1ccccc12. The summed E-state index contributed by atoms with van der Waals surface area (Å²) in [7, 11) is 0. The van der Waals surface area contributed by atoms with Crippen LogP contribution in [0.15, 0.2) is 35.5 Å². The topological polar surface area (TPSA) is 87.3 Å². The van der Waals surface area contributed by atoms with Gasteiger partial charge in [-0.1, -0.05) is 18.2 Å². The van der Waals surface area contributed by atoms with E-state index in [2.05, 4.69) is 16.0 Å². The highest BCUT2D eigenvalue weighted by atomic mass is 16.2. The zero-order chi connectivity index (χ0) is 14.6. The molecule has 1 spiro atoms. The number of hydrogen-bond acceptors (Lipinski definition) is 3. The maximum absolute atomic E-state index is 12.6. The molecule has 0 bridgehead atoms. The van der Waals surface area contributed by atoms with Crippen LogP contribution in [0, 0.1) is 0 Å². The van der Waals surface area contributed by atoms with Gasteiger partial charge in [-0.25, -0.2) is 4.79 Å². The Morgan fingerprint density at radius 2 is 1.81 bits per heavy atom. The first-order valence-electron chi connectivity index (χ1n) is 6.90. The largest absolute Gasteiger partial charge is 0.323 e. The van der Waals surface area contributed by atoms with Gasteiger partial charge < -0.3 is 16.0 Å². The van der Waals surface area contributed by atoms with Crippen LogP contribution in [-0.2, 0) is 15.1 Å². The fourth-order valence-corrected chi connectivity index (χ4v) is 3.44. The minimum Gasteiger partial charge on any atom is -0.323 e. The highest BCUT2D eigenvalue weighted by Gasteiger charge is 2.56. The maximum atomic E-state index is 12.6. The predicted molar refractivity (Wildman–Crippen MR) is 74.3 cm³/mol. The average Bonchev–Trinajstić information content (AvgIpc) is 2.72. The van der Waals surface area contributed by atoms with Gasteiger partial charge >= 0.3 is 6.03 Å². The van der Waals surface area contributed by atoms with Crippen LogP contribution >= 0.6 is 0 Å². The summed E-state index contributed by atoms with van der Waals surface area (Å²) in [6, 6.07) is 6.69. The maximum Gasteiger partial charge on any atom is 0.320 e. The Hall–Kier alpha value is -2.63. The molecule has 4 rings (SSSR count). The second-order valence-corrected chi connectivity index (χ2v) is 5.46. The third-order valence-corrected chi connectivity index (χ3v) is 4.27. The van der Waals surface area contributed by atoms with E-state index in [-0.39, 0.29) is 11.7 Å². The van der Waals surface area contributed by atoms with Gasteiger partial charge in [-0.2, -0.15) is 0 Å². The van der Waals surface area contributed by atoms with Crippen molar-refractivity contribution in [2.75, 3.05) is 5.32 Å². The molecule has 3 N–H and O–H groups in total. The molecule has 1 aromatic carbocycles. The molecule has 1 atom stereocenters. The lowest BCUT2D eigenvalue weighted by Crippen LogP contribution is -2.61. The Labute approximate surface area is 120 Å².